The SMILES string of the molecule is CCOC(CN(CC(O)COc1ccc([N+](=O)[O-])cc1)c1ccccc1)OCC. The van der Waals surface area contributed by atoms with Crippen LogP contribution in [0.2, 0.25) is 0 Å². The topological polar surface area (TPSA) is 94.3 Å². The fourth-order valence-electron chi connectivity index (χ4n) is 2.79. The van der Waals surface area contributed by atoms with E-state index < -0.39 is 17.3 Å². The third-order valence-corrected chi connectivity index (χ3v) is 4.12. The van der Waals surface area contributed by atoms with E-state index in [0.717, 1.165) is 5.69 Å². The predicted octanol–water partition coefficient (Wildman–Crippen LogP) is 3.24. The van der Waals surface area contributed by atoms with Crippen molar-refractivity contribution >= 4 is 11.4 Å². The van der Waals surface area contributed by atoms with E-state index in [2.05, 4.69) is 0 Å². The minimum Gasteiger partial charge on any atom is -0.491 e. The number of ether oxygens (including phenoxy) is 3. The Morgan fingerprint density at radius 2 is 1.62 bits per heavy atom. The molecule has 1 unspecified atom stereocenters. The second-order valence-corrected chi connectivity index (χ2v) is 6.30. The fourth-order valence-corrected chi connectivity index (χ4v) is 2.79. The molecule has 0 fully saturated rings. The molecule has 8 nitrogen and oxygen atoms in total. The Labute approximate surface area is 170 Å². The van der Waals surface area contributed by atoms with Crippen LogP contribution < -0.4 is 9.64 Å². The number of anilines is 1. The summed E-state index contributed by atoms with van der Waals surface area (Å²) in [5.41, 5.74) is 0.928. The first-order valence-corrected chi connectivity index (χ1v) is 9.62. The molecule has 1 N–H and O–H groups in total. The van der Waals surface area contributed by atoms with Crippen molar-refractivity contribution in [3.63, 3.8) is 0 Å². The lowest BCUT2D eigenvalue weighted by Crippen LogP contribution is -2.41. The molecule has 2 rings (SSSR count). The minimum absolute atomic E-state index is 0.00830. The van der Waals surface area contributed by atoms with Crippen LogP contribution in [0, 0.1) is 10.1 Å². The maximum atomic E-state index is 10.7. The number of nitro groups is 1. The molecule has 0 aliphatic carbocycles. The summed E-state index contributed by atoms with van der Waals surface area (Å²) in [6, 6.07) is 15.5. The molecule has 1 atom stereocenters. The zero-order valence-corrected chi connectivity index (χ0v) is 16.8. The molecular formula is C21H28N2O6. The third kappa shape index (κ3) is 7.69. The van der Waals surface area contributed by atoms with E-state index in [1.807, 2.05) is 49.1 Å². The predicted molar refractivity (Wildman–Crippen MR) is 110 cm³/mol. The van der Waals surface area contributed by atoms with Crippen molar-refractivity contribution in [2.45, 2.75) is 26.2 Å². The molecule has 8 heteroatoms. The molecule has 2 aromatic rings. The van der Waals surface area contributed by atoms with E-state index in [1.54, 1.807) is 0 Å². The van der Waals surface area contributed by atoms with Crippen LogP contribution in [0.5, 0.6) is 5.75 Å². The highest BCUT2D eigenvalue weighted by Gasteiger charge is 2.19. The lowest BCUT2D eigenvalue weighted by molar-refractivity contribution is -0.384. The molecule has 158 valence electrons. The van der Waals surface area contributed by atoms with Gasteiger partial charge in [-0.1, -0.05) is 18.2 Å². The average Bonchev–Trinajstić information content (AvgIpc) is 2.73. The van der Waals surface area contributed by atoms with E-state index in [-0.39, 0.29) is 12.3 Å². The van der Waals surface area contributed by atoms with Crippen LogP contribution >= 0.6 is 0 Å². The van der Waals surface area contributed by atoms with E-state index in [1.165, 1.54) is 24.3 Å². The summed E-state index contributed by atoms with van der Waals surface area (Å²) in [6.45, 7) is 5.69. The number of rotatable bonds is 13. The zero-order valence-electron chi connectivity index (χ0n) is 16.8. The molecule has 0 spiro atoms. The molecule has 0 aromatic heterocycles. The Balaban J connectivity index is 1.98. The van der Waals surface area contributed by atoms with Crippen molar-refractivity contribution in [3.05, 3.63) is 64.7 Å². The lowest BCUT2D eigenvalue weighted by atomic mass is 10.2. The van der Waals surface area contributed by atoms with Gasteiger partial charge < -0.3 is 24.2 Å². The first kappa shape index (κ1) is 22.6. The number of para-hydroxylation sites is 1. The second-order valence-electron chi connectivity index (χ2n) is 6.30. The first-order chi connectivity index (χ1) is 14.0. The van der Waals surface area contributed by atoms with Gasteiger partial charge in [0.25, 0.3) is 5.69 Å². The van der Waals surface area contributed by atoms with Crippen molar-refractivity contribution in [2.75, 3.05) is 37.8 Å². The van der Waals surface area contributed by atoms with Gasteiger partial charge in [0, 0.05) is 37.6 Å². The largest absolute Gasteiger partial charge is 0.491 e. The first-order valence-electron chi connectivity index (χ1n) is 9.62. The van der Waals surface area contributed by atoms with Crippen LogP contribution in [0.1, 0.15) is 13.8 Å². The Hall–Kier alpha value is -2.68. The van der Waals surface area contributed by atoms with Crippen LogP contribution in [-0.4, -0.2) is 55.3 Å². The summed E-state index contributed by atoms with van der Waals surface area (Å²) in [7, 11) is 0. The van der Waals surface area contributed by atoms with E-state index in [4.69, 9.17) is 14.2 Å². The lowest BCUT2D eigenvalue weighted by Gasteiger charge is -2.30. The summed E-state index contributed by atoms with van der Waals surface area (Å²) in [6.07, 6.45) is -1.19. The van der Waals surface area contributed by atoms with Gasteiger partial charge in [0.1, 0.15) is 18.5 Å². The van der Waals surface area contributed by atoms with Crippen molar-refractivity contribution in [2.24, 2.45) is 0 Å². The average molecular weight is 404 g/mol. The Kier molecular flexibility index (Phi) is 9.36. The van der Waals surface area contributed by atoms with Gasteiger partial charge in [-0.2, -0.15) is 0 Å². The standard InChI is InChI=1S/C21H28N2O6/c1-3-27-21(28-4-2)15-22(17-8-6-5-7-9-17)14-19(24)16-29-20-12-10-18(11-13-20)23(25)26/h5-13,19,21,24H,3-4,14-16H2,1-2H3. The van der Waals surface area contributed by atoms with Crippen LogP contribution in [-0.2, 0) is 9.47 Å². The molecule has 0 heterocycles. The van der Waals surface area contributed by atoms with Gasteiger partial charge in [-0.15, -0.1) is 0 Å². The molecule has 0 saturated heterocycles. The van der Waals surface area contributed by atoms with E-state index >= 15 is 0 Å². The fraction of sp³-hybridized carbons (Fsp3) is 0.429. The molecule has 0 aliphatic rings. The van der Waals surface area contributed by atoms with Gasteiger partial charge >= 0.3 is 0 Å². The van der Waals surface area contributed by atoms with Crippen LogP contribution in [0.3, 0.4) is 0 Å². The number of hydrogen-bond donors (Lipinski definition) is 1. The second kappa shape index (κ2) is 12.0. The Bertz CT molecular complexity index is 720. The summed E-state index contributed by atoms with van der Waals surface area (Å²) < 4.78 is 16.9. The van der Waals surface area contributed by atoms with Gasteiger partial charge in [-0.3, -0.25) is 10.1 Å². The van der Waals surface area contributed by atoms with Crippen molar-refractivity contribution < 1.29 is 24.2 Å². The quantitative estimate of drug-likeness (QED) is 0.311. The molecule has 29 heavy (non-hydrogen) atoms. The third-order valence-electron chi connectivity index (χ3n) is 4.12. The van der Waals surface area contributed by atoms with Crippen molar-refractivity contribution in [3.8, 4) is 5.75 Å². The summed E-state index contributed by atoms with van der Waals surface area (Å²) in [5, 5.41) is 21.2. The molecule has 0 amide bonds. The van der Waals surface area contributed by atoms with Crippen LogP contribution in [0.4, 0.5) is 11.4 Å². The van der Waals surface area contributed by atoms with Gasteiger partial charge in [0.15, 0.2) is 6.29 Å². The van der Waals surface area contributed by atoms with Gasteiger partial charge in [-0.25, -0.2) is 0 Å². The number of nitrogens with zero attached hydrogens (tertiary/aromatic N) is 2. The van der Waals surface area contributed by atoms with Crippen LogP contribution in [0.25, 0.3) is 0 Å². The highest BCUT2D eigenvalue weighted by atomic mass is 16.7. The number of aliphatic hydroxyl groups is 1. The van der Waals surface area contributed by atoms with Crippen molar-refractivity contribution in [1.29, 1.82) is 0 Å². The monoisotopic (exact) mass is 404 g/mol. The highest BCUT2D eigenvalue weighted by molar-refractivity contribution is 5.46. The molecule has 0 radical (unpaired) electrons. The molecule has 0 saturated carbocycles. The number of non-ortho nitro benzene ring substituents is 1. The molecule has 2 aromatic carbocycles. The van der Waals surface area contributed by atoms with E-state index in [9.17, 15) is 15.2 Å². The number of hydrogen-bond acceptors (Lipinski definition) is 7. The smallest absolute Gasteiger partial charge is 0.269 e. The molecular weight excluding hydrogens is 376 g/mol. The van der Waals surface area contributed by atoms with Crippen LogP contribution in [0.15, 0.2) is 54.6 Å². The summed E-state index contributed by atoms with van der Waals surface area (Å²) in [4.78, 5) is 12.2. The summed E-state index contributed by atoms with van der Waals surface area (Å²) in [5.74, 6) is 0.461. The molecule has 0 bridgehead atoms. The Morgan fingerprint density at radius 1 is 1.00 bits per heavy atom. The normalized spacial score (nSPS) is 12.0. The van der Waals surface area contributed by atoms with Gasteiger partial charge in [0.2, 0.25) is 0 Å². The minimum atomic E-state index is -0.783. The number of benzene rings is 2. The number of nitro benzene ring substituents is 1. The maximum absolute atomic E-state index is 10.7. The molecule has 0 aliphatic heterocycles. The zero-order chi connectivity index (χ0) is 21.1. The van der Waals surface area contributed by atoms with E-state index in [0.29, 0.717) is 32.1 Å². The Morgan fingerprint density at radius 3 is 2.17 bits per heavy atom. The van der Waals surface area contributed by atoms with Gasteiger partial charge in [0.05, 0.1) is 11.5 Å². The van der Waals surface area contributed by atoms with Crippen molar-refractivity contribution in [1.82, 2.24) is 0 Å². The number of aliphatic hydroxyl groups excluding tert-OH is 1. The summed E-state index contributed by atoms with van der Waals surface area (Å²) >= 11 is 0. The maximum Gasteiger partial charge on any atom is 0.269 e. The van der Waals surface area contributed by atoms with Gasteiger partial charge in [-0.05, 0) is 38.1 Å². The highest BCUT2D eigenvalue weighted by Crippen LogP contribution is 2.19.